The number of fused-ring (bicyclic) bond motifs is 6. The normalized spacial score (nSPS) is 27.0. The number of carbonyl (C=O) groups is 1. The van der Waals surface area contributed by atoms with Crippen molar-refractivity contribution in [2.45, 2.75) is 69.8 Å². The van der Waals surface area contributed by atoms with Gasteiger partial charge in [-0.15, -0.1) is 0 Å². The van der Waals surface area contributed by atoms with E-state index in [0.29, 0.717) is 44.7 Å². The molecule has 2 bridgehead atoms. The summed E-state index contributed by atoms with van der Waals surface area (Å²) in [5.74, 6) is 0.359. The van der Waals surface area contributed by atoms with Crippen LogP contribution in [0, 0.1) is 0 Å². The summed E-state index contributed by atoms with van der Waals surface area (Å²) in [5.41, 5.74) is 1.09. The second-order valence-electron chi connectivity index (χ2n) is 8.31. The molecule has 8 nitrogen and oxygen atoms in total. The SMILES string of the molecule is CC(C)(C)OC(=O)N1CCc2nn3c(c2CC1)OS(=O)(=O)C1CCC3C1. The van der Waals surface area contributed by atoms with Crippen LogP contribution in [0.15, 0.2) is 0 Å². The maximum absolute atomic E-state index is 12.5. The summed E-state index contributed by atoms with van der Waals surface area (Å²) in [5, 5.41) is 4.24. The van der Waals surface area contributed by atoms with Crippen LogP contribution in [0.3, 0.4) is 0 Å². The van der Waals surface area contributed by atoms with Crippen LogP contribution in [-0.2, 0) is 27.7 Å². The van der Waals surface area contributed by atoms with Gasteiger partial charge in [-0.3, -0.25) is 0 Å². The fraction of sp³-hybridized carbons (Fsp3) is 0.765. The third-order valence-electron chi connectivity index (χ3n) is 5.25. The van der Waals surface area contributed by atoms with E-state index in [4.69, 9.17) is 8.92 Å². The van der Waals surface area contributed by atoms with Crippen LogP contribution in [0.5, 0.6) is 5.88 Å². The van der Waals surface area contributed by atoms with E-state index in [1.807, 2.05) is 20.8 Å². The molecular formula is C17H25N3O5S. The van der Waals surface area contributed by atoms with E-state index in [9.17, 15) is 13.2 Å². The molecule has 0 spiro atoms. The van der Waals surface area contributed by atoms with Crippen molar-refractivity contribution in [2.75, 3.05) is 13.1 Å². The maximum Gasteiger partial charge on any atom is 0.410 e. The molecule has 26 heavy (non-hydrogen) atoms. The minimum Gasteiger partial charge on any atom is -0.444 e. The largest absolute Gasteiger partial charge is 0.444 e. The van der Waals surface area contributed by atoms with E-state index in [2.05, 4.69) is 5.10 Å². The minimum absolute atomic E-state index is 0.0844. The van der Waals surface area contributed by atoms with Gasteiger partial charge >= 0.3 is 16.2 Å². The molecule has 144 valence electrons. The quantitative estimate of drug-likeness (QED) is 0.637. The van der Waals surface area contributed by atoms with Crippen molar-refractivity contribution in [1.82, 2.24) is 14.7 Å². The monoisotopic (exact) mass is 383 g/mol. The van der Waals surface area contributed by atoms with E-state index in [0.717, 1.165) is 17.7 Å². The van der Waals surface area contributed by atoms with Crippen LogP contribution in [0.25, 0.3) is 0 Å². The number of hydrogen-bond acceptors (Lipinski definition) is 6. The molecule has 2 aliphatic heterocycles. The molecule has 0 aromatic carbocycles. The molecule has 1 aliphatic carbocycles. The molecule has 0 N–H and O–H groups in total. The van der Waals surface area contributed by atoms with Crippen molar-refractivity contribution in [3.05, 3.63) is 11.3 Å². The molecule has 0 radical (unpaired) electrons. The Labute approximate surface area is 153 Å². The average molecular weight is 383 g/mol. The second kappa shape index (κ2) is 5.87. The van der Waals surface area contributed by atoms with Crippen molar-refractivity contribution < 1.29 is 22.1 Å². The smallest absolute Gasteiger partial charge is 0.410 e. The Balaban J connectivity index is 1.59. The van der Waals surface area contributed by atoms with E-state index in [1.165, 1.54) is 0 Å². The first-order chi connectivity index (χ1) is 12.1. The van der Waals surface area contributed by atoms with E-state index < -0.39 is 21.0 Å². The Morgan fingerprint density at radius 2 is 1.96 bits per heavy atom. The summed E-state index contributed by atoms with van der Waals surface area (Å²) in [6.45, 7) is 6.46. The number of hydrogen-bond donors (Lipinski definition) is 0. The molecule has 0 saturated heterocycles. The summed E-state index contributed by atoms with van der Waals surface area (Å²) in [7, 11) is -3.62. The first-order valence-electron chi connectivity index (χ1n) is 9.15. The molecule has 1 saturated carbocycles. The van der Waals surface area contributed by atoms with Crippen LogP contribution < -0.4 is 4.18 Å². The van der Waals surface area contributed by atoms with E-state index >= 15 is 0 Å². The van der Waals surface area contributed by atoms with Crippen LogP contribution in [0.4, 0.5) is 4.79 Å². The summed E-state index contributed by atoms with van der Waals surface area (Å²) >= 11 is 0. The molecule has 2 atom stereocenters. The number of rotatable bonds is 0. The zero-order valence-corrected chi connectivity index (χ0v) is 16.2. The van der Waals surface area contributed by atoms with Crippen molar-refractivity contribution in [3.8, 4) is 5.88 Å². The fourth-order valence-electron chi connectivity index (χ4n) is 3.97. The lowest BCUT2D eigenvalue weighted by Gasteiger charge is -2.26. The van der Waals surface area contributed by atoms with Gasteiger partial charge in [0, 0.05) is 25.1 Å². The van der Waals surface area contributed by atoms with Gasteiger partial charge in [0.2, 0.25) is 5.88 Å². The highest BCUT2D eigenvalue weighted by molar-refractivity contribution is 7.87. The molecule has 1 aromatic rings. The summed E-state index contributed by atoms with van der Waals surface area (Å²) in [4.78, 5) is 14.0. The Morgan fingerprint density at radius 1 is 1.23 bits per heavy atom. The highest BCUT2D eigenvalue weighted by Crippen LogP contribution is 2.43. The Kier molecular flexibility index (Phi) is 3.98. The van der Waals surface area contributed by atoms with Gasteiger partial charge in [0.25, 0.3) is 0 Å². The van der Waals surface area contributed by atoms with Crippen LogP contribution in [-0.4, -0.2) is 53.1 Å². The second-order valence-corrected chi connectivity index (χ2v) is 10.1. The average Bonchev–Trinajstić information content (AvgIpc) is 3.03. The zero-order valence-electron chi connectivity index (χ0n) is 15.4. The summed E-state index contributed by atoms with van der Waals surface area (Å²) < 4.78 is 37.7. The van der Waals surface area contributed by atoms with Gasteiger partial charge in [0.15, 0.2) is 0 Å². The molecule has 3 aliphatic rings. The highest BCUT2D eigenvalue weighted by atomic mass is 32.2. The van der Waals surface area contributed by atoms with Gasteiger partial charge in [0.05, 0.1) is 17.0 Å². The number of aromatic nitrogens is 2. The van der Waals surface area contributed by atoms with Crippen molar-refractivity contribution in [3.63, 3.8) is 0 Å². The number of nitrogens with zero attached hydrogens (tertiary/aromatic N) is 3. The lowest BCUT2D eigenvalue weighted by atomic mass is 10.1. The highest BCUT2D eigenvalue weighted by Gasteiger charge is 2.43. The van der Waals surface area contributed by atoms with Crippen molar-refractivity contribution in [1.29, 1.82) is 0 Å². The third kappa shape index (κ3) is 3.06. The number of amides is 1. The molecular weight excluding hydrogens is 358 g/mol. The van der Waals surface area contributed by atoms with E-state index in [1.54, 1.807) is 9.58 Å². The van der Waals surface area contributed by atoms with Crippen LogP contribution in [0.1, 0.15) is 57.3 Å². The molecule has 2 unspecified atom stereocenters. The topological polar surface area (TPSA) is 90.7 Å². The lowest BCUT2D eigenvalue weighted by Crippen LogP contribution is -2.38. The van der Waals surface area contributed by atoms with Crippen LogP contribution in [0.2, 0.25) is 0 Å². The predicted molar refractivity (Wildman–Crippen MR) is 93.7 cm³/mol. The number of carbonyl (C=O) groups excluding carboxylic acids is 1. The molecule has 4 rings (SSSR count). The number of ether oxygens (including phenoxy) is 1. The molecule has 1 amide bonds. The Bertz CT molecular complexity index is 839. The van der Waals surface area contributed by atoms with Gasteiger partial charge in [-0.2, -0.15) is 13.5 Å². The fourth-order valence-corrected chi connectivity index (χ4v) is 5.39. The molecule has 9 heteroatoms. The Morgan fingerprint density at radius 3 is 2.69 bits per heavy atom. The van der Waals surface area contributed by atoms with Gasteiger partial charge in [-0.05, 0) is 46.5 Å². The first-order valence-corrected chi connectivity index (χ1v) is 10.6. The van der Waals surface area contributed by atoms with Crippen molar-refractivity contribution >= 4 is 16.2 Å². The van der Waals surface area contributed by atoms with Crippen molar-refractivity contribution in [2.24, 2.45) is 0 Å². The molecule has 1 aromatic heterocycles. The third-order valence-corrected chi connectivity index (χ3v) is 6.89. The molecule has 3 heterocycles. The first kappa shape index (κ1) is 17.6. The lowest BCUT2D eigenvalue weighted by molar-refractivity contribution is 0.0258. The van der Waals surface area contributed by atoms with Gasteiger partial charge in [-0.1, -0.05) is 0 Å². The van der Waals surface area contributed by atoms with Gasteiger partial charge < -0.3 is 13.8 Å². The zero-order chi connectivity index (χ0) is 18.7. The predicted octanol–water partition coefficient (Wildman–Crippen LogP) is 2.03. The maximum atomic E-state index is 12.5. The summed E-state index contributed by atoms with van der Waals surface area (Å²) in [6.07, 6.45) is 2.73. The van der Waals surface area contributed by atoms with Gasteiger partial charge in [0.1, 0.15) is 5.60 Å². The molecule has 1 fully saturated rings. The van der Waals surface area contributed by atoms with E-state index in [-0.39, 0.29) is 12.1 Å². The van der Waals surface area contributed by atoms with Gasteiger partial charge in [-0.25, -0.2) is 9.48 Å². The minimum atomic E-state index is -3.62. The Hall–Kier alpha value is -1.77. The summed E-state index contributed by atoms with van der Waals surface area (Å²) in [6, 6.07) is 0.0844. The van der Waals surface area contributed by atoms with Crippen LogP contribution >= 0.6 is 0 Å². The standard InChI is InChI=1S/C17H25N3O5S/c1-17(2,3)24-16(21)19-8-6-13-14(7-9-19)18-20-11-4-5-12(10-11)26(22,23)25-15(13)20/h11-12H,4-10H2,1-3H3.